The Morgan fingerprint density at radius 3 is 2.38 bits per heavy atom. The Balaban J connectivity index is 1.93. The summed E-state index contributed by atoms with van der Waals surface area (Å²) in [6.45, 7) is 4.91. The van der Waals surface area contributed by atoms with E-state index in [-0.39, 0.29) is 5.78 Å². The molecule has 2 rings (SSSR count). The average Bonchev–Trinajstić information content (AvgIpc) is 3.08. The third-order valence-corrected chi connectivity index (χ3v) is 3.67. The second-order valence-corrected chi connectivity index (χ2v) is 4.84. The first-order valence-corrected chi connectivity index (χ1v) is 6.00. The van der Waals surface area contributed by atoms with Crippen LogP contribution < -0.4 is 5.32 Å². The van der Waals surface area contributed by atoms with Crippen LogP contribution in [-0.2, 0) is 0 Å². The molecular formula is C14H19NO. The molecule has 0 unspecified atom stereocenters. The molecule has 0 heterocycles. The van der Waals surface area contributed by atoms with Crippen molar-refractivity contribution < 1.29 is 4.79 Å². The van der Waals surface area contributed by atoms with Crippen LogP contribution in [0.15, 0.2) is 24.3 Å². The highest BCUT2D eigenvalue weighted by molar-refractivity contribution is 5.94. The third kappa shape index (κ3) is 2.43. The highest BCUT2D eigenvalue weighted by Crippen LogP contribution is 2.48. The second-order valence-electron chi connectivity index (χ2n) is 4.84. The number of hydrogen-bond acceptors (Lipinski definition) is 2. The zero-order valence-electron chi connectivity index (χ0n) is 10.0. The van der Waals surface area contributed by atoms with E-state index < -0.39 is 0 Å². The summed E-state index contributed by atoms with van der Waals surface area (Å²) in [6, 6.07) is 7.75. The number of carbonyl (C=O) groups is 1. The minimum Gasteiger partial charge on any atom is -0.384 e. The first-order chi connectivity index (χ1) is 7.65. The molecule has 1 aliphatic rings. The summed E-state index contributed by atoms with van der Waals surface area (Å²) < 4.78 is 0. The van der Waals surface area contributed by atoms with Gasteiger partial charge in [0, 0.05) is 17.8 Å². The molecule has 0 bridgehead atoms. The van der Waals surface area contributed by atoms with Crippen molar-refractivity contribution in [3.63, 3.8) is 0 Å². The molecule has 1 aromatic rings. The SMILES string of the molecule is CCC1(CNc2ccc(C(C)=O)cc2)CC1. The lowest BCUT2D eigenvalue weighted by Gasteiger charge is -2.14. The van der Waals surface area contributed by atoms with Gasteiger partial charge in [0.15, 0.2) is 5.78 Å². The molecule has 1 aromatic carbocycles. The summed E-state index contributed by atoms with van der Waals surface area (Å²) in [5.41, 5.74) is 2.45. The molecule has 1 N–H and O–H groups in total. The Kier molecular flexibility index (Phi) is 2.99. The molecule has 2 heteroatoms. The van der Waals surface area contributed by atoms with Crippen molar-refractivity contribution in [2.24, 2.45) is 5.41 Å². The molecule has 0 aromatic heterocycles. The fourth-order valence-electron chi connectivity index (χ4n) is 1.94. The van der Waals surface area contributed by atoms with Crippen LogP contribution in [0.5, 0.6) is 0 Å². The zero-order chi connectivity index (χ0) is 11.6. The van der Waals surface area contributed by atoms with E-state index in [1.165, 1.54) is 19.3 Å². The number of ketones is 1. The number of benzene rings is 1. The third-order valence-electron chi connectivity index (χ3n) is 3.67. The first-order valence-electron chi connectivity index (χ1n) is 6.00. The predicted molar refractivity (Wildman–Crippen MR) is 66.9 cm³/mol. The fourth-order valence-corrected chi connectivity index (χ4v) is 1.94. The number of rotatable bonds is 5. The molecule has 0 atom stereocenters. The highest BCUT2D eigenvalue weighted by atomic mass is 16.1. The Bertz CT molecular complexity index is 376. The minimum absolute atomic E-state index is 0.124. The molecule has 0 amide bonds. The molecule has 2 nitrogen and oxygen atoms in total. The molecule has 0 radical (unpaired) electrons. The maximum atomic E-state index is 11.1. The zero-order valence-corrected chi connectivity index (χ0v) is 10.0. The summed E-state index contributed by atoms with van der Waals surface area (Å²) in [5, 5.41) is 3.45. The maximum Gasteiger partial charge on any atom is 0.159 e. The van der Waals surface area contributed by atoms with Gasteiger partial charge in [0.25, 0.3) is 0 Å². The van der Waals surface area contributed by atoms with E-state index in [4.69, 9.17) is 0 Å². The van der Waals surface area contributed by atoms with Crippen molar-refractivity contribution in [3.8, 4) is 0 Å². The second kappa shape index (κ2) is 4.28. The minimum atomic E-state index is 0.124. The largest absolute Gasteiger partial charge is 0.384 e. The van der Waals surface area contributed by atoms with Gasteiger partial charge in [-0.05, 0) is 55.9 Å². The molecule has 0 aliphatic heterocycles. The van der Waals surface area contributed by atoms with Gasteiger partial charge in [0.2, 0.25) is 0 Å². The molecule has 86 valence electrons. The quantitative estimate of drug-likeness (QED) is 0.765. The van der Waals surface area contributed by atoms with Gasteiger partial charge in [-0.2, -0.15) is 0 Å². The van der Waals surface area contributed by atoms with Gasteiger partial charge < -0.3 is 5.32 Å². The average molecular weight is 217 g/mol. The van der Waals surface area contributed by atoms with Crippen LogP contribution in [0.2, 0.25) is 0 Å². The lowest BCUT2D eigenvalue weighted by atomic mass is 10.0. The smallest absolute Gasteiger partial charge is 0.159 e. The van der Waals surface area contributed by atoms with Crippen molar-refractivity contribution in [2.75, 3.05) is 11.9 Å². The molecule has 1 fully saturated rings. The van der Waals surface area contributed by atoms with Crippen LogP contribution in [-0.4, -0.2) is 12.3 Å². The van der Waals surface area contributed by atoms with Crippen molar-refractivity contribution in [1.82, 2.24) is 0 Å². The van der Waals surface area contributed by atoms with E-state index in [1.54, 1.807) is 6.92 Å². The van der Waals surface area contributed by atoms with Crippen LogP contribution in [0.25, 0.3) is 0 Å². The van der Waals surface area contributed by atoms with E-state index in [9.17, 15) is 4.79 Å². The Morgan fingerprint density at radius 2 is 1.94 bits per heavy atom. The molecule has 1 saturated carbocycles. The van der Waals surface area contributed by atoms with E-state index in [0.717, 1.165) is 17.8 Å². The monoisotopic (exact) mass is 217 g/mol. The van der Waals surface area contributed by atoms with Gasteiger partial charge in [-0.1, -0.05) is 6.92 Å². The molecular weight excluding hydrogens is 198 g/mol. The highest BCUT2D eigenvalue weighted by Gasteiger charge is 2.40. The Labute approximate surface area is 97.1 Å². The number of hydrogen-bond donors (Lipinski definition) is 1. The van der Waals surface area contributed by atoms with Gasteiger partial charge in [-0.25, -0.2) is 0 Å². The first kappa shape index (κ1) is 11.2. The van der Waals surface area contributed by atoms with Crippen molar-refractivity contribution in [2.45, 2.75) is 33.1 Å². The van der Waals surface area contributed by atoms with Crippen molar-refractivity contribution in [1.29, 1.82) is 0 Å². The molecule has 0 spiro atoms. The van der Waals surface area contributed by atoms with Gasteiger partial charge in [0.05, 0.1) is 0 Å². The van der Waals surface area contributed by atoms with Crippen molar-refractivity contribution in [3.05, 3.63) is 29.8 Å². The van der Waals surface area contributed by atoms with Gasteiger partial charge in [0.1, 0.15) is 0 Å². The standard InChI is InChI=1S/C14H19NO/c1-3-14(8-9-14)10-15-13-6-4-12(5-7-13)11(2)16/h4-7,15H,3,8-10H2,1-2H3. The van der Waals surface area contributed by atoms with Gasteiger partial charge in [-0.3, -0.25) is 4.79 Å². The van der Waals surface area contributed by atoms with E-state index in [1.807, 2.05) is 24.3 Å². The summed E-state index contributed by atoms with van der Waals surface area (Å²) in [7, 11) is 0. The van der Waals surface area contributed by atoms with Crippen LogP contribution in [0.4, 0.5) is 5.69 Å². The molecule has 16 heavy (non-hydrogen) atoms. The number of Topliss-reactive ketones (excluding diaryl/α,β-unsaturated/α-hetero) is 1. The lowest BCUT2D eigenvalue weighted by molar-refractivity contribution is 0.101. The van der Waals surface area contributed by atoms with Gasteiger partial charge >= 0.3 is 0 Å². The number of anilines is 1. The van der Waals surface area contributed by atoms with Crippen molar-refractivity contribution >= 4 is 11.5 Å². The number of nitrogens with one attached hydrogen (secondary N) is 1. The van der Waals surface area contributed by atoms with Crippen LogP contribution in [0, 0.1) is 5.41 Å². The maximum absolute atomic E-state index is 11.1. The summed E-state index contributed by atoms with van der Waals surface area (Å²) in [4.78, 5) is 11.1. The van der Waals surface area contributed by atoms with Crippen LogP contribution in [0.1, 0.15) is 43.5 Å². The van der Waals surface area contributed by atoms with E-state index in [0.29, 0.717) is 5.41 Å². The van der Waals surface area contributed by atoms with Gasteiger partial charge in [-0.15, -0.1) is 0 Å². The van der Waals surface area contributed by atoms with E-state index >= 15 is 0 Å². The summed E-state index contributed by atoms with van der Waals surface area (Å²) in [6.07, 6.45) is 3.95. The number of carbonyl (C=O) groups excluding carboxylic acids is 1. The van der Waals surface area contributed by atoms with Crippen LogP contribution >= 0.6 is 0 Å². The summed E-state index contributed by atoms with van der Waals surface area (Å²) >= 11 is 0. The topological polar surface area (TPSA) is 29.1 Å². The molecule has 1 aliphatic carbocycles. The molecule has 0 saturated heterocycles. The lowest BCUT2D eigenvalue weighted by Crippen LogP contribution is -2.14. The Morgan fingerprint density at radius 1 is 1.31 bits per heavy atom. The predicted octanol–water partition coefficient (Wildman–Crippen LogP) is 3.49. The van der Waals surface area contributed by atoms with Crippen LogP contribution in [0.3, 0.4) is 0 Å². The summed E-state index contributed by atoms with van der Waals surface area (Å²) in [5.74, 6) is 0.124. The fraction of sp³-hybridized carbons (Fsp3) is 0.500. The normalized spacial score (nSPS) is 16.9. The van der Waals surface area contributed by atoms with E-state index in [2.05, 4.69) is 12.2 Å². The Hall–Kier alpha value is -1.31.